The highest BCUT2D eigenvalue weighted by Gasteiger charge is 2.17. The smallest absolute Gasteiger partial charge is 0.303 e. The van der Waals surface area contributed by atoms with E-state index in [0.29, 0.717) is 22.5 Å². The van der Waals surface area contributed by atoms with Gasteiger partial charge in [0.05, 0.1) is 12.1 Å². The fourth-order valence-corrected chi connectivity index (χ4v) is 4.97. The highest BCUT2D eigenvalue weighted by atomic mass is 35.5. The summed E-state index contributed by atoms with van der Waals surface area (Å²) in [5.41, 5.74) is 5.65. The number of rotatable bonds is 7. The van der Waals surface area contributed by atoms with Crippen molar-refractivity contribution >= 4 is 56.2 Å². The van der Waals surface area contributed by atoms with E-state index in [1.165, 1.54) is 0 Å². The van der Waals surface area contributed by atoms with Crippen LogP contribution >= 0.6 is 11.6 Å². The number of benzene rings is 3. The van der Waals surface area contributed by atoms with E-state index in [-0.39, 0.29) is 18.6 Å². The van der Waals surface area contributed by atoms with E-state index < -0.39 is 5.97 Å². The van der Waals surface area contributed by atoms with Gasteiger partial charge in [0, 0.05) is 63.2 Å². The van der Waals surface area contributed by atoms with Crippen molar-refractivity contribution in [2.24, 2.45) is 0 Å². The van der Waals surface area contributed by atoms with E-state index in [1.807, 2.05) is 59.3 Å². The van der Waals surface area contributed by atoms with Gasteiger partial charge < -0.3 is 14.1 Å². The van der Waals surface area contributed by atoms with Crippen LogP contribution in [0.1, 0.15) is 28.8 Å². The molecule has 0 radical (unpaired) electrons. The van der Waals surface area contributed by atoms with E-state index in [1.54, 1.807) is 18.3 Å². The summed E-state index contributed by atoms with van der Waals surface area (Å²) in [6.45, 7) is 0.493. The maximum atomic E-state index is 12.8. The molecule has 0 spiro atoms. The van der Waals surface area contributed by atoms with E-state index in [0.717, 1.165) is 44.3 Å². The molecule has 0 aliphatic heterocycles. The molecule has 0 amide bonds. The van der Waals surface area contributed by atoms with Crippen molar-refractivity contribution in [3.63, 3.8) is 0 Å². The average molecular weight is 509 g/mol. The van der Waals surface area contributed by atoms with Gasteiger partial charge in [0.15, 0.2) is 5.78 Å². The number of furan rings is 1. The number of carbonyl (C=O) groups excluding carboxylic acids is 1. The number of aliphatic carboxylic acids is 1. The number of nitrogens with zero attached hydrogens (tertiary/aromatic N) is 2. The molecule has 0 unspecified atom stereocenters. The summed E-state index contributed by atoms with van der Waals surface area (Å²) in [5, 5.41) is 12.3. The maximum Gasteiger partial charge on any atom is 0.303 e. The second-order valence-electron chi connectivity index (χ2n) is 8.98. The van der Waals surface area contributed by atoms with E-state index in [9.17, 15) is 9.59 Å². The number of ketones is 1. The fourth-order valence-electron chi connectivity index (χ4n) is 4.80. The highest BCUT2D eigenvalue weighted by molar-refractivity contribution is 6.31. The Balaban J connectivity index is 1.33. The third kappa shape index (κ3) is 4.26. The number of hydrogen-bond acceptors (Lipinski definition) is 4. The molecule has 0 atom stereocenters. The van der Waals surface area contributed by atoms with Crippen LogP contribution in [-0.2, 0) is 11.3 Å². The molecule has 3 aromatic carbocycles. The van der Waals surface area contributed by atoms with Crippen LogP contribution in [0.2, 0.25) is 5.02 Å². The van der Waals surface area contributed by atoms with Crippen molar-refractivity contribution in [1.29, 1.82) is 0 Å². The van der Waals surface area contributed by atoms with Gasteiger partial charge in [-0.3, -0.25) is 14.6 Å². The Morgan fingerprint density at radius 3 is 2.57 bits per heavy atom. The number of pyridine rings is 1. The van der Waals surface area contributed by atoms with Gasteiger partial charge in [-0.05, 0) is 42.0 Å². The van der Waals surface area contributed by atoms with Gasteiger partial charge in [0.25, 0.3) is 0 Å². The van der Waals surface area contributed by atoms with Gasteiger partial charge in [-0.2, -0.15) is 0 Å². The van der Waals surface area contributed by atoms with Gasteiger partial charge in [0.2, 0.25) is 0 Å². The van der Waals surface area contributed by atoms with Crippen molar-refractivity contribution in [3.05, 3.63) is 101 Å². The first-order valence-electron chi connectivity index (χ1n) is 11.9. The van der Waals surface area contributed by atoms with E-state index >= 15 is 0 Å². The summed E-state index contributed by atoms with van der Waals surface area (Å²) in [5.74, 6) is -1.22. The molecule has 182 valence electrons. The number of carboxylic acids is 1. The molecule has 0 saturated heterocycles. The van der Waals surface area contributed by atoms with Crippen molar-refractivity contribution in [3.8, 4) is 11.3 Å². The molecule has 0 fully saturated rings. The number of Topliss-reactive ketones (excluding diaryl/α,β-unsaturated/α-hetero) is 1. The minimum atomic E-state index is -1.00. The van der Waals surface area contributed by atoms with Gasteiger partial charge in [-0.25, -0.2) is 0 Å². The molecular formula is C30H21ClN2O4. The number of aromatic nitrogens is 2. The van der Waals surface area contributed by atoms with Crippen LogP contribution in [0.5, 0.6) is 0 Å². The molecule has 6 aromatic rings. The van der Waals surface area contributed by atoms with Crippen LogP contribution in [0.3, 0.4) is 0 Å². The van der Waals surface area contributed by atoms with Crippen LogP contribution in [-0.4, -0.2) is 26.4 Å². The highest BCUT2D eigenvalue weighted by Crippen LogP contribution is 2.35. The van der Waals surface area contributed by atoms with Crippen LogP contribution in [0, 0.1) is 0 Å². The number of para-hydroxylation sites is 2. The molecule has 3 aromatic heterocycles. The third-order valence-corrected chi connectivity index (χ3v) is 6.80. The Bertz CT molecular complexity index is 1820. The predicted molar refractivity (Wildman–Crippen MR) is 144 cm³/mol. The lowest BCUT2D eigenvalue weighted by Gasteiger charge is -2.07. The molecule has 0 aliphatic carbocycles. The van der Waals surface area contributed by atoms with Crippen molar-refractivity contribution < 1.29 is 19.1 Å². The first-order valence-corrected chi connectivity index (χ1v) is 12.2. The molecule has 3 heterocycles. The summed E-state index contributed by atoms with van der Waals surface area (Å²) in [7, 11) is 0. The van der Waals surface area contributed by atoms with E-state index in [4.69, 9.17) is 26.1 Å². The second-order valence-corrected chi connectivity index (χ2v) is 9.42. The summed E-state index contributed by atoms with van der Waals surface area (Å²) in [6.07, 6.45) is 3.32. The lowest BCUT2D eigenvalue weighted by Crippen LogP contribution is -2.03. The first-order chi connectivity index (χ1) is 18.0. The Morgan fingerprint density at radius 1 is 0.919 bits per heavy atom. The lowest BCUT2D eigenvalue weighted by atomic mass is 10.1. The van der Waals surface area contributed by atoms with E-state index in [2.05, 4.69) is 12.1 Å². The number of halogens is 1. The van der Waals surface area contributed by atoms with Crippen LogP contribution in [0.4, 0.5) is 0 Å². The molecule has 0 aliphatic rings. The minimum absolute atomic E-state index is 0.0649. The zero-order valence-corrected chi connectivity index (χ0v) is 20.4. The average Bonchev–Trinajstić information content (AvgIpc) is 3.46. The Hall–Kier alpha value is -4.42. The molecule has 37 heavy (non-hydrogen) atoms. The van der Waals surface area contributed by atoms with Crippen molar-refractivity contribution in [1.82, 2.24) is 9.55 Å². The van der Waals surface area contributed by atoms with Crippen LogP contribution in [0.15, 0.2) is 89.6 Å². The fraction of sp³-hybridized carbons (Fsp3) is 0.100. The summed E-state index contributed by atoms with van der Waals surface area (Å²) in [4.78, 5) is 28.5. The number of hydrogen-bond donors (Lipinski definition) is 1. The zero-order valence-electron chi connectivity index (χ0n) is 19.6. The van der Waals surface area contributed by atoms with Gasteiger partial charge in [-0.15, -0.1) is 0 Å². The summed E-state index contributed by atoms with van der Waals surface area (Å²) in [6, 6.07) is 23.4. The number of carbonyl (C=O) groups is 2. The quantitative estimate of drug-likeness (QED) is 0.228. The second kappa shape index (κ2) is 9.22. The summed E-state index contributed by atoms with van der Waals surface area (Å²) >= 11 is 6.20. The van der Waals surface area contributed by atoms with Crippen LogP contribution in [0.25, 0.3) is 44.1 Å². The normalized spacial score (nSPS) is 11.5. The van der Waals surface area contributed by atoms with Crippen molar-refractivity contribution in [2.45, 2.75) is 19.4 Å². The largest absolute Gasteiger partial charge is 0.481 e. The summed E-state index contributed by atoms with van der Waals surface area (Å²) < 4.78 is 8.13. The minimum Gasteiger partial charge on any atom is -0.481 e. The maximum absolute atomic E-state index is 12.8. The lowest BCUT2D eigenvalue weighted by molar-refractivity contribution is -0.136. The predicted octanol–water partition coefficient (Wildman–Crippen LogP) is 7.35. The standard InChI is InChI=1S/C30H21ClN2O4/c31-19-9-11-26-23(14-19)24(27(34)12-13-29(35)36)17-33(26)16-18-8-10-25(32-15-18)22-6-3-5-21-20-4-1-2-7-28(20)37-30(21)22/h1-11,14-15,17H,12-13,16H2,(H,35,36). The number of fused-ring (bicyclic) bond motifs is 4. The van der Waals surface area contributed by atoms with Crippen molar-refractivity contribution in [2.75, 3.05) is 0 Å². The van der Waals surface area contributed by atoms with Crippen LogP contribution < -0.4 is 0 Å². The SMILES string of the molecule is O=C(O)CCC(=O)c1cn(Cc2ccc(-c3cccc4c3oc3ccccc34)nc2)c2ccc(Cl)cc12. The molecule has 1 N–H and O–H groups in total. The molecule has 6 rings (SSSR count). The molecular weight excluding hydrogens is 488 g/mol. The topological polar surface area (TPSA) is 85.3 Å². The molecule has 6 nitrogen and oxygen atoms in total. The molecule has 0 saturated carbocycles. The third-order valence-electron chi connectivity index (χ3n) is 6.57. The Kier molecular flexibility index (Phi) is 5.74. The monoisotopic (exact) mass is 508 g/mol. The Morgan fingerprint density at radius 2 is 1.76 bits per heavy atom. The zero-order chi connectivity index (χ0) is 25.5. The van der Waals surface area contributed by atoms with Gasteiger partial charge in [0.1, 0.15) is 11.2 Å². The van der Waals surface area contributed by atoms with Gasteiger partial charge >= 0.3 is 5.97 Å². The number of carboxylic acid groups (broad SMARTS) is 1. The van der Waals surface area contributed by atoms with Gasteiger partial charge in [-0.1, -0.05) is 48.0 Å². The first kappa shape index (κ1) is 23.0. The molecule has 7 heteroatoms. The molecule has 0 bridgehead atoms. The Labute approximate surface area is 216 Å².